The van der Waals surface area contributed by atoms with Crippen molar-refractivity contribution in [3.8, 4) is 0 Å². The van der Waals surface area contributed by atoms with Crippen molar-refractivity contribution >= 4 is 17.6 Å². The van der Waals surface area contributed by atoms with Gasteiger partial charge in [0.25, 0.3) is 0 Å². The number of pyridine rings is 1. The number of carboxylic acids is 1. The second-order valence-corrected chi connectivity index (χ2v) is 7.40. The van der Waals surface area contributed by atoms with Crippen LogP contribution >= 0.6 is 0 Å². The second kappa shape index (κ2) is 9.48. The van der Waals surface area contributed by atoms with Crippen LogP contribution in [-0.4, -0.2) is 70.6 Å². The van der Waals surface area contributed by atoms with Crippen LogP contribution < -0.4 is 10.2 Å². The molecule has 152 valence electrons. The third-order valence-corrected chi connectivity index (χ3v) is 5.53. The van der Waals surface area contributed by atoms with Gasteiger partial charge in [-0.05, 0) is 37.8 Å². The fourth-order valence-corrected chi connectivity index (χ4v) is 3.99. The lowest BCUT2D eigenvalue weighted by molar-refractivity contribution is -0.716. The first-order valence-electron chi connectivity index (χ1n) is 9.90. The minimum absolute atomic E-state index is 0.0979. The molecule has 2 aliphatic rings. The number of rotatable bonds is 6. The maximum absolute atomic E-state index is 12.7. The van der Waals surface area contributed by atoms with Crippen LogP contribution in [-0.2, 0) is 9.59 Å². The Morgan fingerprint density at radius 2 is 1.89 bits per heavy atom. The molecule has 1 unspecified atom stereocenters. The lowest BCUT2D eigenvalue weighted by atomic mass is 10.0. The standard InChI is InChI=1S/C19H27N5O4/c25-18(26)5-10-21-19(27)15-2-1-11-23(24(28)14-15)17-6-12-22(13-7-17)16-3-8-20-9-4-16/h3-4,8-9,15,17H,1-2,5-7,10-14H2,(H-,21,25,26,27)/p+1. The summed E-state index contributed by atoms with van der Waals surface area (Å²) < 4.78 is 0. The van der Waals surface area contributed by atoms with Gasteiger partial charge in [-0.25, -0.2) is 0 Å². The van der Waals surface area contributed by atoms with Gasteiger partial charge in [0, 0.05) is 37.7 Å². The van der Waals surface area contributed by atoms with Gasteiger partial charge in [-0.2, -0.15) is 0 Å². The van der Waals surface area contributed by atoms with Crippen LogP contribution in [0.2, 0.25) is 0 Å². The van der Waals surface area contributed by atoms with Crippen molar-refractivity contribution in [1.82, 2.24) is 15.3 Å². The number of aliphatic carboxylic acids is 1. The van der Waals surface area contributed by atoms with Gasteiger partial charge in [0.1, 0.15) is 10.8 Å². The minimum atomic E-state index is -0.948. The number of hydrazine groups is 1. The summed E-state index contributed by atoms with van der Waals surface area (Å²) in [5.74, 6) is -1.57. The van der Waals surface area contributed by atoms with Crippen molar-refractivity contribution in [2.24, 2.45) is 5.92 Å². The number of carboxylic acid groups (broad SMARTS) is 1. The molecule has 2 N–H and O–H groups in total. The van der Waals surface area contributed by atoms with Gasteiger partial charge >= 0.3 is 5.97 Å². The lowest BCUT2D eigenvalue weighted by Gasteiger charge is -2.35. The number of carbonyl (C=O) groups excluding carboxylic acids is 1. The number of piperidine rings is 1. The molecule has 0 spiro atoms. The number of carbonyl (C=O) groups is 2. The molecule has 0 aliphatic carbocycles. The second-order valence-electron chi connectivity index (χ2n) is 7.40. The Morgan fingerprint density at radius 1 is 1.18 bits per heavy atom. The Morgan fingerprint density at radius 3 is 2.57 bits per heavy atom. The van der Waals surface area contributed by atoms with Crippen molar-refractivity contribution in [3.63, 3.8) is 0 Å². The summed E-state index contributed by atoms with van der Waals surface area (Å²) in [6.45, 7) is 2.66. The predicted octanol–water partition coefficient (Wildman–Crippen LogP) is 1.05. The van der Waals surface area contributed by atoms with Crippen molar-refractivity contribution < 1.29 is 19.6 Å². The van der Waals surface area contributed by atoms with Crippen molar-refractivity contribution in [2.45, 2.75) is 38.1 Å². The van der Waals surface area contributed by atoms with Crippen LogP contribution in [0.3, 0.4) is 0 Å². The van der Waals surface area contributed by atoms with E-state index < -0.39 is 11.9 Å². The molecule has 3 heterocycles. The molecule has 1 amide bonds. The highest BCUT2D eigenvalue weighted by Crippen LogP contribution is 2.24. The molecule has 2 aliphatic heterocycles. The number of nitrogens with zero attached hydrogens (tertiary/aromatic N) is 4. The molecule has 0 saturated carbocycles. The van der Waals surface area contributed by atoms with E-state index in [2.05, 4.69) is 15.2 Å². The summed E-state index contributed by atoms with van der Waals surface area (Å²) in [7, 11) is 0. The van der Waals surface area contributed by atoms with Crippen molar-refractivity contribution in [1.29, 1.82) is 0 Å². The Kier molecular flexibility index (Phi) is 6.78. The smallest absolute Gasteiger partial charge is 0.305 e. The summed E-state index contributed by atoms with van der Waals surface area (Å²) in [6, 6.07) is 4.18. The maximum atomic E-state index is 12.7. The van der Waals surface area contributed by atoms with Gasteiger partial charge in [-0.15, -0.1) is 5.01 Å². The quantitative estimate of drug-likeness (QED) is 0.699. The highest BCUT2D eigenvalue weighted by Gasteiger charge is 2.38. The first-order valence-corrected chi connectivity index (χ1v) is 9.90. The van der Waals surface area contributed by atoms with Gasteiger partial charge in [0.05, 0.1) is 23.9 Å². The number of hydrogen-bond acceptors (Lipinski definition) is 5. The van der Waals surface area contributed by atoms with Gasteiger partial charge in [-0.3, -0.25) is 14.6 Å². The molecule has 2 saturated heterocycles. The number of anilines is 1. The van der Waals surface area contributed by atoms with Crippen LogP contribution in [0.5, 0.6) is 0 Å². The van der Waals surface area contributed by atoms with Crippen LogP contribution in [0.1, 0.15) is 32.1 Å². The molecule has 3 rings (SSSR count). The third kappa shape index (κ3) is 5.17. The molecule has 1 aromatic heterocycles. The first kappa shape index (κ1) is 20.0. The van der Waals surface area contributed by atoms with Crippen molar-refractivity contribution in [3.05, 3.63) is 29.4 Å². The Labute approximate surface area is 164 Å². The van der Waals surface area contributed by atoms with E-state index in [0.29, 0.717) is 13.0 Å². The first-order chi connectivity index (χ1) is 13.5. The van der Waals surface area contributed by atoms with E-state index in [0.717, 1.165) is 42.9 Å². The molecule has 2 fully saturated rings. The molecular formula is C19H28N5O4+. The summed E-state index contributed by atoms with van der Waals surface area (Å²) in [5, 5.41) is 13.2. The summed E-state index contributed by atoms with van der Waals surface area (Å²) >= 11 is 0. The fraction of sp³-hybridized carbons (Fsp3) is 0.632. The Hall–Kier alpha value is -2.71. The molecular weight excluding hydrogens is 362 g/mol. The van der Waals surface area contributed by atoms with Crippen LogP contribution in [0, 0.1) is 10.8 Å². The highest BCUT2D eigenvalue weighted by atomic mass is 16.4. The Bertz CT molecular complexity index is 691. The number of amides is 1. The van der Waals surface area contributed by atoms with E-state index in [9.17, 15) is 14.5 Å². The molecule has 0 aromatic carbocycles. The highest BCUT2D eigenvalue weighted by molar-refractivity contribution is 5.79. The van der Waals surface area contributed by atoms with E-state index in [-0.39, 0.29) is 31.5 Å². The monoisotopic (exact) mass is 390 g/mol. The van der Waals surface area contributed by atoms with E-state index in [4.69, 9.17) is 5.11 Å². The predicted molar refractivity (Wildman–Crippen MR) is 103 cm³/mol. The maximum Gasteiger partial charge on any atom is 0.305 e. The van der Waals surface area contributed by atoms with Crippen LogP contribution in [0.25, 0.3) is 0 Å². The third-order valence-electron chi connectivity index (χ3n) is 5.53. The summed E-state index contributed by atoms with van der Waals surface area (Å²) in [4.78, 5) is 42.9. The zero-order valence-electron chi connectivity index (χ0n) is 16.0. The topological polar surface area (TPSA) is 106 Å². The number of nitrogens with one attached hydrogen (secondary N) is 1. The lowest BCUT2D eigenvalue weighted by Crippen LogP contribution is -2.49. The average molecular weight is 390 g/mol. The Balaban J connectivity index is 1.50. The number of nitroso groups, excluding NO2 is 1. The molecule has 0 bridgehead atoms. The molecule has 9 heteroatoms. The average Bonchev–Trinajstić information content (AvgIpc) is 2.90. The molecule has 9 nitrogen and oxygen atoms in total. The molecule has 0 radical (unpaired) electrons. The molecule has 28 heavy (non-hydrogen) atoms. The van der Waals surface area contributed by atoms with Crippen LogP contribution in [0.15, 0.2) is 24.5 Å². The zero-order valence-corrected chi connectivity index (χ0v) is 16.0. The number of hydrogen-bond donors (Lipinski definition) is 2. The minimum Gasteiger partial charge on any atom is -0.481 e. The SMILES string of the molecule is O=C(O)CCNC(=O)C1CCCN(C2CCN(c3ccncc3)CC2)[N+](=O)C1. The van der Waals surface area contributed by atoms with Gasteiger partial charge < -0.3 is 15.3 Å². The van der Waals surface area contributed by atoms with E-state index in [1.165, 1.54) is 0 Å². The normalized spacial score (nSPS) is 21.3. The summed E-state index contributed by atoms with van der Waals surface area (Å²) in [5.41, 5.74) is 1.15. The van der Waals surface area contributed by atoms with Crippen LogP contribution in [0.4, 0.5) is 5.69 Å². The summed E-state index contributed by atoms with van der Waals surface area (Å²) in [6.07, 6.45) is 6.69. The van der Waals surface area contributed by atoms with Crippen molar-refractivity contribution in [2.75, 3.05) is 37.6 Å². The molecule has 1 atom stereocenters. The number of aromatic nitrogens is 1. The zero-order chi connectivity index (χ0) is 19.9. The van der Waals surface area contributed by atoms with Gasteiger partial charge in [-0.1, -0.05) is 0 Å². The van der Waals surface area contributed by atoms with Gasteiger partial charge in [0.15, 0.2) is 0 Å². The molecule has 1 aromatic rings. The van der Waals surface area contributed by atoms with E-state index in [1.807, 2.05) is 17.1 Å². The van der Waals surface area contributed by atoms with Gasteiger partial charge in [0.2, 0.25) is 12.5 Å². The largest absolute Gasteiger partial charge is 0.481 e. The van der Waals surface area contributed by atoms with E-state index in [1.54, 1.807) is 12.4 Å². The van der Waals surface area contributed by atoms with E-state index >= 15 is 0 Å². The fourth-order valence-electron chi connectivity index (χ4n) is 3.99.